The molecule has 2 aromatic carbocycles. The molecule has 1 saturated heterocycles. The van der Waals surface area contributed by atoms with E-state index in [9.17, 15) is 9.59 Å². The van der Waals surface area contributed by atoms with Crippen molar-refractivity contribution in [2.45, 2.75) is 19.3 Å². The molecule has 0 atom stereocenters. The van der Waals surface area contributed by atoms with Gasteiger partial charge in [0.1, 0.15) is 10.4 Å². The lowest BCUT2D eigenvalue weighted by molar-refractivity contribution is -0.183. The van der Waals surface area contributed by atoms with Gasteiger partial charge in [0.15, 0.2) is 12.1 Å². The smallest absolute Gasteiger partial charge is 0.200 e. The maximum Gasteiger partial charge on any atom is 0.200 e. The summed E-state index contributed by atoms with van der Waals surface area (Å²) in [7, 11) is 1.56. The van der Waals surface area contributed by atoms with Gasteiger partial charge in [0.05, 0.1) is 49.2 Å². The summed E-state index contributed by atoms with van der Waals surface area (Å²) in [6, 6.07) is 18.0. The number of ether oxygens (including phenoxy) is 3. The predicted molar refractivity (Wildman–Crippen MR) is 135 cm³/mol. The molecule has 0 aliphatic carbocycles. The van der Waals surface area contributed by atoms with E-state index in [-0.39, 0.29) is 16.8 Å². The molecule has 3 heterocycles. The maximum absolute atomic E-state index is 13.6. The summed E-state index contributed by atoms with van der Waals surface area (Å²) in [6.45, 7) is 1.52. The molecule has 0 amide bonds. The number of para-hydroxylation sites is 1. The largest absolute Gasteiger partial charge is 0.496 e. The molecule has 0 unspecified atom stereocenters. The van der Waals surface area contributed by atoms with Gasteiger partial charge in [-0.3, -0.25) is 9.59 Å². The van der Waals surface area contributed by atoms with Crippen molar-refractivity contribution in [3.05, 3.63) is 104 Å². The highest BCUT2D eigenvalue weighted by Crippen LogP contribution is 2.32. The number of aromatic nitrogens is 2. The lowest BCUT2D eigenvalue weighted by Gasteiger charge is -2.25. The van der Waals surface area contributed by atoms with Crippen LogP contribution < -0.4 is 10.2 Å². The third-order valence-electron chi connectivity index (χ3n) is 5.91. The molecule has 1 fully saturated rings. The van der Waals surface area contributed by atoms with Gasteiger partial charge in [-0.05, 0) is 64.8 Å². The van der Waals surface area contributed by atoms with E-state index in [1.807, 2.05) is 34.9 Å². The first-order chi connectivity index (χ1) is 17.0. The summed E-state index contributed by atoms with van der Waals surface area (Å²) in [4.78, 5) is 31.5. The fraction of sp³-hybridized carbons (Fsp3) is 0.222. The maximum atomic E-state index is 13.6. The topological polar surface area (TPSA) is 79.7 Å². The zero-order chi connectivity index (χ0) is 24.4. The third kappa shape index (κ3) is 4.77. The molecule has 4 aromatic rings. The Kier molecular flexibility index (Phi) is 6.77. The van der Waals surface area contributed by atoms with E-state index in [1.54, 1.807) is 43.6 Å². The van der Waals surface area contributed by atoms with Crippen LogP contribution in [0, 0.1) is 0 Å². The number of methoxy groups -OCH3 is 1. The Balaban J connectivity index is 1.59. The van der Waals surface area contributed by atoms with Gasteiger partial charge in [-0.1, -0.05) is 18.2 Å². The molecule has 35 heavy (non-hydrogen) atoms. The Morgan fingerprint density at radius 3 is 2.69 bits per heavy atom. The Hall–Kier alpha value is -3.33. The van der Waals surface area contributed by atoms with Gasteiger partial charge in [-0.15, -0.1) is 0 Å². The number of carbonyl (C=O) groups excluding carboxylic acids is 1. The molecule has 7 nitrogen and oxygen atoms in total. The second kappa shape index (κ2) is 10.1. The number of rotatable bonds is 6. The highest BCUT2D eigenvalue weighted by molar-refractivity contribution is 9.10. The van der Waals surface area contributed by atoms with Gasteiger partial charge in [0.2, 0.25) is 5.43 Å². The summed E-state index contributed by atoms with van der Waals surface area (Å²) in [6.07, 6.45) is 1.80. The number of benzene rings is 2. The van der Waals surface area contributed by atoms with Crippen LogP contribution in [0.25, 0.3) is 10.9 Å². The normalized spacial score (nSPS) is 14.2. The third-order valence-corrected chi connectivity index (χ3v) is 6.35. The van der Waals surface area contributed by atoms with E-state index in [2.05, 4.69) is 20.9 Å². The number of nitrogens with zero attached hydrogens (tertiary/aromatic N) is 2. The Morgan fingerprint density at radius 1 is 1.11 bits per heavy atom. The van der Waals surface area contributed by atoms with Gasteiger partial charge in [0.25, 0.3) is 0 Å². The van der Waals surface area contributed by atoms with Crippen LogP contribution in [-0.2, 0) is 16.0 Å². The van der Waals surface area contributed by atoms with Crippen LogP contribution >= 0.6 is 15.9 Å². The monoisotopic (exact) mass is 534 g/mol. The standard InChI is InChI=1S/C27H23BrN2O5/c1-33-23-11-10-17(14-20(23)27-34-12-5-13-35-27)25(31)21-16-30(15-18-6-4-9-24(28)29-18)22-8-3-2-7-19(22)26(21)32/h2-4,6-11,14,16,27H,5,12-13,15H2,1H3. The number of hydrogen-bond acceptors (Lipinski definition) is 6. The average Bonchev–Trinajstić information content (AvgIpc) is 2.90. The number of hydrogen-bond donors (Lipinski definition) is 0. The van der Waals surface area contributed by atoms with Crippen molar-refractivity contribution < 1.29 is 19.0 Å². The van der Waals surface area contributed by atoms with Gasteiger partial charge in [-0.2, -0.15) is 0 Å². The minimum absolute atomic E-state index is 0.0836. The molecule has 2 aromatic heterocycles. The fourth-order valence-corrected chi connectivity index (χ4v) is 4.61. The average molecular weight is 535 g/mol. The van der Waals surface area contributed by atoms with Crippen LogP contribution in [0.4, 0.5) is 0 Å². The minimum atomic E-state index is -0.623. The van der Waals surface area contributed by atoms with Crippen molar-refractivity contribution in [3.63, 3.8) is 0 Å². The molecule has 0 radical (unpaired) electrons. The summed E-state index contributed by atoms with van der Waals surface area (Å²) in [5.74, 6) is 0.182. The molecule has 0 N–H and O–H groups in total. The summed E-state index contributed by atoms with van der Waals surface area (Å²) in [5.41, 5.74) is 2.28. The first kappa shape index (κ1) is 23.4. The second-order valence-corrected chi connectivity index (χ2v) is 8.99. The van der Waals surface area contributed by atoms with Crippen molar-refractivity contribution >= 4 is 32.6 Å². The van der Waals surface area contributed by atoms with Gasteiger partial charge in [0, 0.05) is 17.1 Å². The Bertz CT molecular complexity index is 1460. The van der Waals surface area contributed by atoms with Crippen LogP contribution in [0.5, 0.6) is 5.75 Å². The molecule has 8 heteroatoms. The zero-order valence-electron chi connectivity index (χ0n) is 19.1. The van der Waals surface area contributed by atoms with E-state index < -0.39 is 6.29 Å². The van der Waals surface area contributed by atoms with Crippen molar-refractivity contribution in [2.24, 2.45) is 0 Å². The molecule has 0 spiro atoms. The van der Waals surface area contributed by atoms with E-state index in [0.29, 0.717) is 42.0 Å². The van der Waals surface area contributed by atoms with Crippen molar-refractivity contribution in [2.75, 3.05) is 20.3 Å². The molecule has 0 saturated carbocycles. The Labute approximate surface area is 210 Å². The number of carbonyl (C=O) groups is 1. The summed E-state index contributed by atoms with van der Waals surface area (Å²) >= 11 is 3.40. The van der Waals surface area contributed by atoms with Crippen molar-refractivity contribution in [3.8, 4) is 5.75 Å². The fourth-order valence-electron chi connectivity index (χ4n) is 4.23. The zero-order valence-corrected chi connectivity index (χ0v) is 20.7. The van der Waals surface area contributed by atoms with Crippen molar-refractivity contribution in [1.29, 1.82) is 0 Å². The van der Waals surface area contributed by atoms with Crippen LogP contribution in [0.15, 0.2) is 76.3 Å². The minimum Gasteiger partial charge on any atom is -0.496 e. The van der Waals surface area contributed by atoms with E-state index >= 15 is 0 Å². The lowest BCUT2D eigenvalue weighted by atomic mass is 9.99. The molecule has 5 rings (SSSR count). The number of ketones is 1. The van der Waals surface area contributed by atoms with Gasteiger partial charge in [-0.25, -0.2) is 4.98 Å². The SMILES string of the molecule is COc1ccc(C(=O)c2cn(Cc3cccc(Br)n3)c3ccccc3c2=O)cc1C1OCCCO1. The molecule has 1 aliphatic heterocycles. The molecule has 1 aliphatic rings. The summed E-state index contributed by atoms with van der Waals surface area (Å²) in [5, 5.41) is 0.473. The van der Waals surface area contributed by atoms with Gasteiger partial charge >= 0.3 is 0 Å². The van der Waals surface area contributed by atoms with Crippen LogP contribution in [0.2, 0.25) is 0 Å². The number of fused-ring (bicyclic) bond motifs is 1. The molecule has 0 bridgehead atoms. The van der Waals surface area contributed by atoms with Crippen molar-refractivity contribution in [1.82, 2.24) is 9.55 Å². The quantitative estimate of drug-likeness (QED) is 0.259. The lowest BCUT2D eigenvalue weighted by Crippen LogP contribution is -2.21. The second-order valence-electron chi connectivity index (χ2n) is 8.18. The van der Waals surface area contributed by atoms with E-state index in [4.69, 9.17) is 14.2 Å². The first-order valence-corrected chi connectivity index (χ1v) is 12.0. The highest BCUT2D eigenvalue weighted by Gasteiger charge is 2.24. The van der Waals surface area contributed by atoms with Crippen LogP contribution in [0.1, 0.15) is 39.9 Å². The molecular formula is C27H23BrN2O5. The first-order valence-electron chi connectivity index (χ1n) is 11.2. The molecular weight excluding hydrogens is 512 g/mol. The van der Waals surface area contributed by atoms with Crippen LogP contribution in [-0.4, -0.2) is 35.7 Å². The number of halogens is 1. The molecule has 178 valence electrons. The van der Waals surface area contributed by atoms with E-state index in [0.717, 1.165) is 22.2 Å². The Morgan fingerprint density at radius 2 is 1.91 bits per heavy atom. The van der Waals surface area contributed by atoms with Gasteiger partial charge < -0.3 is 18.8 Å². The summed E-state index contributed by atoms with van der Waals surface area (Å²) < 4.78 is 19.5. The predicted octanol–water partition coefficient (Wildman–Crippen LogP) is 4.88. The van der Waals surface area contributed by atoms with Crippen LogP contribution in [0.3, 0.4) is 0 Å². The number of pyridine rings is 2. The van der Waals surface area contributed by atoms with E-state index in [1.165, 1.54) is 0 Å². The highest BCUT2D eigenvalue weighted by atomic mass is 79.9.